The number of aliphatic hydroxyl groups excluding tert-OH is 1. The first kappa shape index (κ1) is 14.1. The largest absolute Gasteiger partial charge is 0.389 e. The minimum Gasteiger partial charge on any atom is -0.389 e. The van der Waals surface area contributed by atoms with Gasteiger partial charge in [0.05, 0.1) is 6.10 Å². The fourth-order valence-corrected chi connectivity index (χ4v) is 1.80. The molecule has 0 aliphatic rings. The Morgan fingerprint density at radius 3 is 2.35 bits per heavy atom. The van der Waals surface area contributed by atoms with Gasteiger partial charge in [0.25, 0.3) is 0 Å². The van der Waals surface area contributed by atoms with Crippen molar-refractivity contribution >= 4 is 11.7 Å². The van der Waals surface area contributed by atoms with Crippen molar-refractivity contribution < 1.29 is 9.90 Å². The van der Waals surface area contributed by atoms with Gasteiger partial charge in [0.2, 0.25) is 0 Å². The minimum atomic E-state index is -0.504. The zero-order chi connectivity index (χ0) is 14.4. The van der Waals surface area contributed by atoms with Crippen LogP contribution in [0.15, 0.2) is 54.6 Å². The molecule has 0 fully saturated rings. The van der Waals surface area contributed by atoms with Crippen LogP contribution in [0.2, 0.25) is 0 Å². The second-order valence-electron chi connectivity index (χ2n) is 4.59. The van der Waals surface area contributed by atoms with Crippen LogP contribution in [0.4, 0.5) is 10.5 Å². The number of nitrogens with one attached hydrogen (secondary N) is 2. The van der Waals surface area contributed by atoms with E-state index in [-0.39, 0.29) is 6.03 Å². The Kier molecular flexibility index (Phi) is 4.74. The quantitative estimate of drug-likeness (QED) is 0.799. The van der Waals surface area contributed by atoms with Gasteiger partial charge in [-0.3, -0.25) is 0 Å². The van der Waals surface area contributed by atoms with Gasteiger partial charge in [-0.15, -0.1) is 0 Å². The number of benzene rings is 2. The van der Waals surface area contributed by atoms with Crippen LogP contribution in [0.5, 0.6) is 0 Å². The molecule has 0 aromatic heterocycles. The second kappa shape index (κ2) is 6.73. The summed E-state index contributed by atoms with van der Waals surface area (Å²) < 4.78 is 0. The van der Waals surface area contributed by atoms with Gasteiger partial charge in [-0.05, 0) is 30.2 Å². The number of anilines is 1. The van der Waals surface area contributed by atoms with Crippen molar-refractivity contribution in [1.29, 1.82) is 0 Å². The van der Waals surface area contributed by atoms with E-state index in [0.29, 0.717) is 12.2 Å². The Hall–Kier alpha value is -2.33. The number of hydrogen-bond acceptors (Lipinski definition) is 2. The number of rotatable bonds is 4. The Morgan fingerprint density at radius 2 is 1.75 bits per heavy atom. The normalized spacial score (nSPS) is 11.7. The molecule has 0 saturated heterocycles. The van der Waals surface area contributed by atoms with E-state index < -0.39 is 6.10 Å². The summed E-state index contributed by atoms with van der Waals surface area (Å²) in [6.07, 6.45) is -0.504. The van der Waals surface area contributed by atoms with Gasteiger partial charge in [0, 0.05) is 12.2 Å². The van der Waals surface area contributed by atoms with Gasteiger partial charge in [-0.1, -0.05) is 42.5 Å². The molecule has 0 saturated carbocycles. The Balaban J connectivity index is 1.85. The molecule has 0 spiro atoms. The highest BCUT2D eigenvalue weighted by Crippen LogP contribution is 2.15. The Bertz CT molecular complexity index is 550. The van der Waals surface area contributed by atoms with E-state index in [1.807, 2.05) is 30.3 Å². The zero-order valence-electron chi connectivity index (χ0n) is 11.3. The number of carbonyl (C=O) groups is 1. The molecule has 0 aliphatic heterocycles. The summed E-state index contributed by atoms with van der Waals surface area (Å²) >= 11 is 0. The molecule has 2 rings (SSSR count). The van der Waals surface area contributed by atoms with Crippen molar-refractivity contribution in [2.75, 3.05) is 5.32 Å². The smallest absolute Gasteiger partial charge is 0.319 e. The van der Waals surface area contributed by atoms with Crippen LogP contribution in [-0.2, 0) is 6.54 Å². The third-order valence-electron chi connectivity index (χ3n) is 2.95. The van der Waals surface area contributed by atoms with E-state index in [1.54, 1.807) is 31.2 Å². The molecule has 3 N–H and O–H groups in total. The van der Waals surface area contributed by atoms with E-state index >= 15 is 0 Å². The molecule has 4 heteroatoms. The third-order valence-corrected chi connectivity index (χ3v) is 2.95. The van der Waals surface area contributed by atoms with Gasteiger partial charge < -0.3 is 15.7 Å². The molecule has 104 valence electrons. The van der Waals surface area contributed by atoms with E-state index in [0.717, 1.165) is 11.1 Å². The lowest BCUT2D eigenvalue weighted by atomic mass is 10.1. The summed E-state index contributed by atoms with van der Waals surface area (Å²) in [4.78, 5) is 11.7. The average molecular weight is 270 g/mol. The molecule has 2 amide bonds. The van der Waals surface area contributed by atoms with Crippen LogP contribution >= 0.6 is 0 Å². The molecule has 0 bridgehead atoms. The van der Waals surface area contributed by atoms with Crippen molar-refractivity contribution in [3.05, 3.63) is 65.7 Å². The van der Waals surface area contributed by atoms with Gasteiger partial charge in [0.1, 0.15) is 0 Å². The predicted octanol–water partition coefficient (Wildman–Crippen LogP) is 3.06. The maximum Gasteiger partial charge on any atom is 0.319 e. The number of aliphatic hydroxyl groups is 1. The molecule has 1 unspecified atom stereocenters. The van der Waals surface area contributed by atoms with Crippen LogP contribution in [0, 0.1) is 0 Å². The summed E-state index contributed by atoms with van der Waals surface area (Å²) in [6.45, 7) is 2.19. The maximum atomic E-state index is 11.7. The molecular weight excluding hydrogens is 252 g/mol. The van der Waals surface area contributed by atoms with Crippen LogP contribution in [0.25, 0.3) is 0 Å². The highest BCUT2D eigenvalue weighted by atomic mass is 16.3. The average Bonchev–Trinajstić information content (AvgIpc) is 2.47. The first-order valence-corrected chi connectivity index (χ1v) is 6.52. The third kappa shape index (κ3) is 4.10. The lowest BCUT2D eigenvalue weighted by Crippen LogP contribution is -2.28. The van der Waals surface area contributed by atoms with Crippen molar-refractivity contribution in [2.24, 2.45) is 0 Å². The lowest BCUT2D eigenvalue weighted by Gasteiger charge is -2.09. The summed E-state index contributed by atoms with van der Waals surface area (Å²) in [6, 6.07) is 16.6. The second-order valence-corrected chi connectivity index (χ2v) is 4.59. The zero-order valence-corrected chi connectivity index (χ0v) is 11.3. The van der Waals surface area contributed by atoms with Crippen LogP contribution in [0.1, 0.15) is 24.2 Å². The van der Waals surface area contributed by atoms with Gasteiger partial charge in [-0.2, -0.15) is 0 Å². The topological polar surface area (TPSA) is 61.4 Å². The van der Waals surface area contributed by atoms with Crippen LogP contribution < -0.4 is 10.6 Å². The highest BCUT2D eigenvalue weighted by Gasteiger charge is 2.03. The molecule has 2 aromatic rings. The maximum absolute atomic E-state index is 11.7. The highest BCUT2D eigenvalue weighted by molar-refractivity contribution is 5.89. The number of amides is 2. The summed E-state index contributed by atoms with van der Waals surface area (Å²) in [5.41, 5.74) is 2.56. The number of carbonyl (C=O) groups excluding carboxylic acids is 1. The predicted molar refractivity (Wildman–Crippen MR) is 79.4 cm³/mol. The van der Waals surface area contributed by atoms with E-state index in [4.69, 9.17) is 0 Å². The minimum absolute atomic E-state index is 0.251. The molecule has 1 atom stereocenters. The number of urea groups is 1. The van der Waals surface area contributed by atoms with Gasteiger partial charge in [0.15, 0.2) is 0 Å². The fraction of sp³-hybridized carbons (Fsp3) is 0.188. The molecular formula is C16H18N2O2. The first-order valence-electron chi connectivity index (χ1n) is 6.52. The monoisotopic (exact) mass is 270 g/mol. The molecule has 4 nitrogen and oxygen atoms in total. The Labute approximate surface area is 118 Å². The molecule has 20 heavy (non-hydrogen) atoms. The van der Waals surface area contributed by atoms with E-state index in [9.17, 15) is 9.90 Å². The Morgan fingerprint density at radius 1 is 1.10 bits per heavy atom. The fourth-order valence-electron chi connectivity index (χ4n) is 1.80. The van der Waals surface area contributed by atoms with Crippen LogP contribution in [0.3, 0.4) is 0 Å². The van der Waals surface area contributed by atoms with Crippen LogP contribution in [-0.4, -0.2) is 11.1 Å². The standard InChI is InChI=1S/C16H18N2O2/c1-12(19)14-7-9-15(10-8-14)18-16(20)17-11-13-5-3-2-4-6-13/h2-10,12,19H,11H2,1H3,(H2,17,18,20). The summed E-state index contributed by atoms with van der Waals surface area (Å²) in [5, 5.41) is 14.9. The SMILES string of the molecule is CC(O)c1ccc(NC(=O)NCc2ccccc2)cc1. The number of hydrogen-bond donors (Lipinski definition) is 3. The lowest BCUT2D eigenvalue weighted by molar-refractivity contribution is 0.199. The summed E-state index contributed by atoms with van der Waals surface area (Å²) in [5.74, 6) is 0. The molecule has 2 aromatic carbocycles. The van der Waals surface area contributed by atoms with E-state index in [1.165, 1.54) is 0 Å². The van der Waals surface area contributed by atoms with E-state index in [2.05, 4.69) is 10.6 Å². The van der Waals surface area contributed by atoms with Crippen molar-refractivity contribution in [3.8, 4) is 0 Å². The summed E-state index contributed by atoms with van der Waals surface area (Å²) in [7, 11) is 0. The van der Waals surface area contributed by atoms with Gasteiger partial charge in [-0.25, -0.2) is 4.79 Å². The van der Waals surface area contributed by atoms with Gasteiger partial charge >= 0.3 is 6.03 Å². The molecule has 0 aliphatic carbocycles. The molecule has 0 radical (unpaired) electrons. The molecule has 0 heterocycles. The van der Waals surface area contributed by atoms with Crippen molar-refractivity contribution in [1.82, 2.24) is 5.32 Å². The van der Waals surface area contributed by atoms with Crippen molar-refractivity contribution in [2.45, 2.75) is 19.6 Å². The van der Waals surface area contributed by atoms with Crippen molar-refractivity contribution in [3.63, 3.8) is 0 Å². The first-order chi connectivity index (χ1) is 9.65.